The average Bonchev–Trinajstić information content (AvgIpc) is 3.17. The Labute approximate surface area is 127 Å². The maximum Gasteiger partial charge on any atom is 0.240 e. The number of piperidine rings is 1. The molecule has 2 heterocycles. The molecule has 0 spiro atoms. The number of nitrogens with zero attached hydrogens (tertiary/aromatic N) is 3. The van der Waals surface area contributed by atoms with Crippen LogP contribution in [0.1, 0.15) is 58.2 Å². The molecule has 1 aliphatic carbocycles. The largest absolute Gasteiger partial charge is 0.338 e. The van der Waals surface area contributed by atoms with E-state index in [9.17, 15) is 0 Å². The number of hydrogen-bond donors (Lipinski definition) is 1. The summed E-state index contributed by atoms with van der Waals surface area (Å²) in [4.78, 5) is 7.16. The minimum atomic E-state index is -0.0405. The third kappa shape index (κ3) is 4.04. The fraction of sp³-hybridized carbons (Fsp3) is 0.875. The highest BCUT2D eigenvalue weighted by Gasteiger charge is 2.32. The molecule has 1 saturated heterocycles. The van der Waals surface area contributed by atoms with Crippen LogP contribution in [0.15, 0.2) is 4.52 Å². The smallest absolute Gasteiger partial charge is 0.240 e. The van der Waals surface area contributed by atoms with Crippen LogP contribution in [-0.4, -0.2) is 40.7 Å². The van der Waals surface area contributed by atoms with E-state index in [1.54, 1.807) is 0 Å². The van der Waals surface area contributed by atoms with Gasteiger partial charge in [-0.05, 0) is 44.7 Å². The highest BCUT2D eigenvalue weighted by molar-refractivity contribution is 5.00. The van der Waals surface area contributed by atoms with Crippen LogP contribution in [-0.2, 0) is 12.0 Å². The second-order valence-corrected chi connectivity index (χ2v) is 7.62. The molecule has 118 valence electrons. The number of aromatic nitrogens is 2. The Balaban J connectivity index is 1.61. The Morgan fingerprint density at radius 1 is 1.19 bits per heavy atom. The van der Waals surface area contributed by atoms with Crippen LogP contribution in [0.2, 0.25) is 0 Å². The van der Waals surface area contributed by atoms with Gasteiger partial charge in [-0.15, -0.1) is 0 Å². The van der Waals surface area contributed by atoms with Crippen LogP contribution in [0, 0.1) is 5.92 Å². The molecule has 0 aromatic carbocycles. The highest BCUT2D eigenvalue weighted by Crippen LogP contribution is 2.30. The fourth-order valence-electron chi connectivity index (χ4n) is 2.98. The third-order valence-electron chi connectivity index (χ3n) is 4.49. The first-order chi connectivity index (χ1) is 10.0. The fourth-order valence-corrected chi connectivity index (χ4v) is 2.98. The van der Waals surface area contributed by atoms with Crippen molar-refractivity contribution in [2.45, 2.75) is 64.5 Å². The quantitative estimate of drug-likeness (QED) is 0.902. The summed E-state index contributed by atoms with van der Waals surface area (Å²) >= 11 is 0. The van der Waals surface area contributed by atoms with Gasteiger partial charge < -0.3 is 9.84 Å². The SMILES string of the molecule is CC(C)(C)c1noc(CN(CC2CCNCC2)C2CC2)n1. The lowest BCUT2D eigenvalue weighted by molar-refractivity contribution is 0.170. The Morgan fingerprint density at radius 2 is 1.90 bits per heavy atom. The van der Waals surface area contributed by atoms with E-state index in [1.165, 1.54) is 32.2 Å². The van der Waals surface area contributed by atoms with Gasteiger partial charge in [-0.25, -0.2) is 0 Å². The molecule has 1 aromatic heterocycles. The Kier molecular flexibility index (Phi) is 4.31. The van der Waals surface area contributed by atoms with Crippen LogP contribution in [0.3, 0.4) is 0 Å². The maximum absolute atomic E-state index is 5.47. The van der Waals surface area contributed by atoms with E-state index < -0.39 is 0 Å². The molecule has 1 N–H and O–H groups in total. The van der Waals surface area contributed by atoms with Crippen molar-refractivity contribution in [1.82, 2.24) is 20.4 Å². The molecule has 0 atom stereocenters. The standard InChI is InChI=1S/C16H28N4O/c1-16(2,3)15-18-14(21-19-15)11-20(13-4-5-13)10-12-6-8-17-9-7-12/h12-13,17H,4-11H2,1-3H3. The van der Waals surface area contributed by atoms with Gasteiger partial charge in [-0.3, -0.25) is 4.90 Å². The van der Waals surface area contributed by atoms with Crippen LogP contribution < -0.4 is 5.32 Å². The summed E-state index contributed by atoms with van der Waals surface area (Å²) in [7, 11) is 0. The summed E-state index contributed by atoms with van der Waals surface area (Å²) in [5.74, 6) is 2.41. The zero-order chi connectivity index (χ0) is 14.9. The van der Waals surface area contributed by atoms with Crippen molar-refractivity contribution in [2.24, 2.45) is 5.92 Å². The van der Waals surface area contributed by atoms with E-state index in [0.29, 0.717) is 0 Å². The molecule has 0 unspecified atom stereocenters. The van der Waals surface area contributed by atoms with Crippen molar-refractivity contribution in [3.05, 3.63) is 11.7 Å². The van der Waals surface area contributed by atoms with E-state index in [-0.39, 0.29) is 5.41 Å². The van der Waals surface area contributed by atoms with Gasteiger partial charge in [0.2, 0.25) is 5.89 Å². The zero-order valence-electron chi connectivity index (χ0n) is 13.6. The lowest BCUT2D eigenvalue weighted by atomic mass is 9.96. The van der Waals surface area contributed by atoms with Crippen LogP contribution >= 0.6 is 0 Å². The van der Waals surface area contributed by atoms with Crippen LogP contribution in [0.25, 0.3) is 0 Å². The molecule has 5 nitrogen and oxygen atoms in total. The molecule has 5 heteroatoms. The minimum absolute atomic E-state index is 0.0405. The first kappa shape index (κ1) is 15.0. The Bertz CT molecular complexity index is 455. The van der Waals surface area contributed by atoms with Gasteiger partial charge in [0.1, 0.15) is 0 Å². The third-order valence-corrected chi connectivity index (χ3v) is 4.49. The molecule has 2 aliphatic rings. The Morgan fingerprint density at radius 3 is 2.48 bits per heavy atom. The molecule has 2 fully saturated rings. The first-order valence-electron chi connectivity index (χ1n) is 8.30. The van der Waals surface area contributed by atoms with Crippen molar-refractivity contribution < 1.29 is 4.52 Å². The van der Waals surface area contributed by atoms with Crippen molar-refractivity contribution in [2.75, 3.05) is 19.6 Å². The second-order valence-electron chi connectivity index (χ2n) is 7.62. The average molecular weight is 292 g/mol. The number of hydrogen-bond acceptors (Lipinski definition) is 5. The van der Waals surface area contributed by atoms with Gasteiger partial charge in [0.05, 0.1) is 6.54 Å². The molecule has 3 rings (SSSR count). The van der Waals surface area contributed by atoms with Gasteiger partial charge in [0, 0.05) is 18.0 Å². The number of rotatable bonds is 5. The monoisotopic (exact) mass is 292 g/mol. The lowest BCUT2D eigenvalue weighted by Crippen LogP contribution is -2.37. The summed E-state index contributed by atoms with van der Waals surface area (Å²) in [5, 5.41) is 7.59. The van der Waals surface area contributed by atoms with Gasteiger partial charge >= 0.3 is 0 Å². The number of nitrogens with one attached hydrogen (secondary N) is 1. The summed E-state index contributed by atoms with van der Waals surface area (Å²) in [6, 6.07) is 0.741. The highest BCUT2D eigenvalue weighted by atomic mass is 16.5. The normalized spacial score (nSPS) is 21.1. The van der Waals surface area contributed by atoms with Gasteiger partial charge in [0.25, 0.3) is 0 Å². The van der Waals surface area contributed by atoms with Gasteiger partial charge in [0.15, 0.2) is 5.82 Å². The van der Waals surface area contributed by atoms with Crippen molar-refractivity contribution >= 4 is 0 Å². The molecule has 0 amide bonds. The van der Waals surface area contributed by atoms with Gasteiger partial charge in [-0.2, -0.15) is 4.98 Å². The summed E-state index contributed by atoms with van der Waals surface area (Å²) in [5.41, 5.74) is -0.0405. The second kappa shape index (κ2) is 6.05. The maximum atomic E-state index is 5.47. The van der Waals surface area contributed by atoms with Crippen LogP contribution in [0.5, 0.6) is 0 Å². The van der Waals surface area contributed by atoms with Crippen molar-refractivity contribution in [1.29, 1.82) is 0 Å². The van der Waals surface area contributed by atoms with E-state index in [4.69, 9.17) is 4.52 Å². The predicted octanol–water partition coefficient (Wildman–Crippen LogP) is 2.33. The molecule has 0 radical (unpaired) electrons. The molecule has 21 heavy (non-hydrogen) atoms. The van der Waals surface area contributed by atoms with Crippen LogP contribution in [0.4, 0.5) is 0 Å². The summed E-state index contributed by atoms with van der Waals surface area (Å²) in [6.07, 6.45) is 5.23. The Hall–Kier alpha value is -0.940. The molecular formula is C16H28N4O. The topological polar surface area (TPSA) is 54.2 Å². The summed E-state index contributed by atoms with van der Waals surface area (Å²) < 4.78 is 5.47. The van der Waals surface area contributed by atoms with E-state index in [0.717, 1.165) is 43.3 Å². The first-order valence-corrected chi connectivity index (χ1v) is 8.30. The van der Waals surface area contributed by atoms with Gasteiger partial charge in [-0.1, -0.05) is 25.9 Å². The van der Waals surface area contributed by atoms with E-state index in [2.05, 4.69) is 41.1 Å². The molecule has 1 aromatic rings. The summed E-state index contributed by atoms with van der Waals surface area (Å²) in [6.45, 7) is 10.7. The van der Waals surface area contributed by atoms with E-state index in [1.807, 2.05) is 0 Å². The lowest BCUT2D eigenvalue weighted by Gasteiger charge is -2.29. The zero-order valence-corrected chi connectivity index (χ0v) is 13.6. The van der Waals surface area contributed by atoms with E-state index >= 15 is 0 Å². The molecular weight excluding hydrogens is 264 g/mol. The molecule has 1 saturated carbocycles. The van der Waals surface area contributed by atoms with Crippen molar-refractivity contribution in [3.63, 3.8) is 0 Å². The predicted molar refractivity (Wildman–Crippen MR) is 82.0 cm³/mol. The van der Waals surface area contributed by atoms with Crippen molar-refractivity contribution in [3.8, 4) is 0 Å². The molecule has 1 aliphatic heterocycles. The minimum Gasteiger partial charge on any atom is -0.338 e. The molecule has 0 bridgehead atoms.